The molecule has 3 nitrogen and oxygen atoms in total. The third kappa shape index (κ3) is 4.90. The lowest BCUT2D eigenvalue weighted by atomic mass is 10.1. The molecule has 0 bridgehead atoms. The van der Waals surface area contributed by atoms with E-state index >= 15 is 0 Å². The number of carbonyl (C=O) groups excluding carboxylic acids is 1. The summed E-state index contributed by atoms with van der Waals surface area (Å²) in [5, 5.41) is 0. The molecule has 0 aliphatic rings. The van der Waals surface area contributed by atoms with Crippen LogP contribution in [0.25, 0.3) is 0 Å². The SMILES string of the molecule is Cc1ccc(N(C)C(=O)COCC(F)(F)F)c(C)c1. The molecule has 6 heteroatoms. The highest BCUT2D eigenvalue weighted by atomic mass is 19.4. The molecule has 0 fully saturated rings. The zero-order chi connectivity index (χ0) is 14.6. The first kappa shape index (κ1) is 15.5. The van der Waals surface area contributed by atoms with Crippen molar-refractivity contribution in [2.24, 2.45) is 0 Å². The van der Waals surface area contributed by atoms with E-state index in [1.54, 1.807) is 6.07 Å². The second-order valence-electron chi connectivity index (χ2n) is 4.35. The van der Waals surface area contributed by atoms with Crippen molar-refractivity contribution in [2.45, 2.75) is 20.0 Å². The molecule has 0 heterocycles. The number of alkyl halides is 3. The van der Waals surface area contributed by atoms with E-state index < -0.39 is 25.3 Å². The molecule has 0 saturated carbocycles. The van der Waals surface area contributed by atoms with Crippen LogP contribution >= 0.6 is 0 Å². The van der Waals surface area contributed by atoms with Gasteiger partial charge in [-0.2, -0.15) is 13.2 Å². The Labute approximate surface area is 110 Å². The van der Waals surface area contributed by atoms with E-state index in [-0.39, 0.29) is 0 Å². The molecule has 0 aromatic heterocycles. The second-order valence-corrected chi connectivity index (χ2v) is 4.35. The summed E-state index contributed by atoms with van der Waals surface area (Å²) in [5.41, 5.74) is 2.59. The molecule has 0 atom stereocenters. The predicted octanol–water partition coefficient (Wildman–Crippen LogP) is 2.85. The molecular weight excluding hydrogens is 259 g/mol. The first-order valence-electron chi connectivity index (χ1n) is 5.69. The van der Waals surface area contributed by atoms with E-state index in [0.29, 0.717) is 5.69 Å². The van der Waals surface area contributed by atoms with Crippen LogP contribution in [0.3, 0.4) is 0 Å². The minimum atomic E-state index is -4.42. The summed E-state index contributed by atoms with van der Waals surface area (Å²) in [6.07, 6.45) is -4.42. The Morgan fingerprint density at radius 1 is 1.32 bits per heavy atom. The van der Waals surface area contributed by atoms with Crippen molar-refractivity contribution in [3.05, 3.63) is 29.3 Å². The molecule has 1 aromatic rings. The summed E-state index contributed by atoms with van der Waals surface area (Å²) < 4.78 is 40.0. The number of carbonyl (C=O) groups is 1. The predicted molar refractivity (Wildman–Crippen MR) is 66.2 cm³/mol. The minimum absolute atomic E-state index is 0.517. The van der Waals surface area contributed by atoms with Gasteiger partial charge in [0.2, 0.25) is 0 Å². The molecule has 1 amide bonds. The Balaban J connectivity index is 2.62. The topological polar surface area (TPSA) is 29.5 Å². The van der Waals surface area contributed by atoms with Gasteiger partial charge in [0.15, 0.2) is 0 Å². The molecule has 19 heavy (non-hydrogen) atoms. The Morgan fingerprint density at radius 3 is 2.47 bits per heavy atom. The number of anilines is 1. The zero-order valence-electron chi connectivity index (χ0n) is 11.0. The molecule has 0 saturated heterocycles. The van der Waals surface area contributed by atoms with Crippen LogP contribution in [-0.2, 0) is 9.53 Å². The summed E-state index contributed by atoms with van der Waals surface area (Å²) in [5.74, 6) is -0.517. The minimum Gasteiger partial charge on any atom is -0.362 e. The molecule has 0 radical (unpaired) electrons. The molecule has 0 spiro atoms. The summed E-state index contributed by atoms with van der Waals surface area (Å²) in [7, 11) is 1.51. The van der Waals surface area contributed by atoms with E-state index in [2.05, 4.69) is 4.74 Å². The second kappa shape index (κ2) is 6.06. The Bertz CT molecular complexity index is 458. The van der Waals surface area contributed by atoms with Crippen molar-refractivity contribution in [3.63, 3.8) is 0 Å². The van der Waals surface area contributed by atoms with Gasteiger partial charge in [-0.3, -0.25) is 4.79 Å². The lowest BCUT2D eigenvalue weighted by molar-refractivity contribution is -0.175. The molecule has 1 aromatic carbocycles. The van der Waals surface area contributed by atoms with Gasteiger partial charge in [0.25, 0.3) is 5.91 Å². The standard InChI is InChI=1S/C13H16F3NO2/c1-9-4-5-11(10(2)6-9)17(3)12(18)7-19-8-13(14,15)16/h4-6H,7-8H2,1-3H3. The van der Waals surface area contributed by atoms with Gasteiger partial charge in [0.05, 0.1) is 0 Å². The summed E-state index contributed by atoms with van der Waals surface area (Å²) in [6.45, 7) is 1.75. The van der Waals surface area contributed by atoms with Crippen molar-refractivity contribution in [3.8, 4) is 0 Å². The first-order chi connectivity index (χ1) is 8.70. The van der Waals surface area contributed by atoms with E-state index in [4.69, 9.17) is 0 Å². The first-order valence-corrected chi connectivity index (χ1v) is 5.69. The normalized spacial score (nSPS) is 11.5. The summed E-state index contributed by atoms with van der Waals surface area (Å²) in [6, 6.07) is 5.49. The average molecular weight is 275 g/mol. The molecule has 106 valence electrons. The number of aryl methyl sites for hydroxylation is 2. The quantitative estimate of drug-likeness (QED) is 0.845. The zero-order valence-corrected chi connectivity index (χ0v) is 11.0. The van der Waals surface area contributed by atoms with E-state index in [1.807, 2.05) is 26.0 Å². The van der Waals surface area contributed by atoms with Gasteiger partial charge in [-0.05, 0) is 25.5 Å². The number of hydrogen-bond donors (Lipinski definition) is 0. The van der Waals surface area contributed by atoms with Crippen LogP contribution in [0.15, 0.2) is 18.2 Å². The number of ether oxygens (including phenoxy) is 1. The molecule has 0 unspecified atom stereocenters. The molecule has 0 aliphatic carbocycles. The van der Waals surface area contributed by atoms with Gasteiger partial charge < -0.3 is 9.64 Å². The van der Waals surface area contributed by atoms with Crippen LogP contribution < -0.4 is 4.90 Å². The number of nitrogens with zero attached hydrogens (tertiary/aromatic N) is 1. The van der Waals surface area contributed by atoms with Crippen molar-refractivity contribution >= 4 is 11.6 Å². The van der Waals surface area contributed by atoms with E-state index in [0.717, 1.165) is 11.1 Å². The van der Waals surface area contributed by atoms with Crippen molar-refractivity contribution < 1.29 is 22.7 Å². The third-order valence-electron chi connectivity index (χ3n) is 2.58. The number of halogens is 3. The van der Waals surface area contributed by atoms with Gasteiger partial charge in [-0.15, -0.1) is 0 Å². The fourth-order valence-corrected chi connectivity index (χ4v) is 1.67. The maximum absolute atomic E-state index is 11.9. The van der Waals surface area contributed by atoms with Crippen LogP contribution in [0.1, 0.15) is 11.1 Å². The number of benzene rings is 1. The van der Waals surface area contributed by atoms with Gasteiger partial charge >= 0.3 is 6.18 Å². The Kier molecular flexibility index (Phi) is 4.94. The van der Waals surface area contributed by atoms with Crippen molar-refractivity contribution in [1.29, 1.82) is 0 Å². The highest BCUT2D eigenvalue weighted by molar-refractivity contribution is 5.94. The van der Waals surface area contributed by atoms with Gasteiger partial charge in [-0.25, -0.2) is 0 Å². The molecule has 0 aliphatic heterocycles. The van der Waals surface area contributed by atoms with Crippen molar-refractivity contribution in [1.82, 2.24) is 0 Å². The van der Waals surface area contributed by atoms with Crippen LogP contribution in [-0.4, -0.2) is 32.3 Å². The van der Waals surface area contributed by atoms with E-state index in [9.17, 15) is 18.0 Å². The maximum Gasteiger partial charge on any atom is 0.411 e. The largest absolute Gasteiger partial charge is 0.411 e. The highest BCUT2D eigenvalue weighted by Crippen LogP contribution is 2.20. The number of amides is 1. The highest BCUT2D eigenvalue weighted by Gasteiger charge is 2.28. The van der Waals surface area contributed by atoms with Crippen LogP contribution in [0.4, 0.5) is 18.9 Å². The van der Waals surface area contributed by atoms with Crippen LogP contribution in [0.2, 0.25) is 0 Å². The van der Waals surface area contributed by atoms with Gasteiger partial charge in [0.1, 0.15) is 13.2 Å². The van der Waals surface area contributed by atoms with Crippen LogP contribution in [0, 0.1) is 13.8 Å². The lowest BCUT2D eigenvalue weighted by Crippen LogP contribution is -2.32. The molecule has 0 N–H and O–H groups in total. The smallest absolute Gasteiger partial charge is 0.362 e. The summed E-state index contributed by atoms with van der Waals surface area (Å²) >= 11 is 0. The molecule has 1 rings (SSSR count). The Hall–Kier alpha value is -1.56. The van der Waals surface area contributed by atoms with Crippen LogP contribution in [0.5, 0.6) is 0 Å². The Morgan fingerprint density at radius 2 is 1.95 bits per heavy atom. The fraction of sp³-hybridized carbons (Fsp3) is 0.462. The monoisotopic (exact) mass is 275 g/mol. The third-order valence-corrected chi connectivity index (χ3v) is 2.58. The molecular formula is C13H16F3NO2. The number of likely N-dealkylation sites (N-methyl/N-ethyl adjacent to an activating group) is 1. The van der Waals surface area contributed by atoms with Gasteiger partial charge in [-0.1, -0.05) is 17.7 Å². The van der Waals surface area contributed by atoms with Gasteiger partial charge in [0, 0.05) is 12.7 Å². The number of hydrogen-bond acceptors (Lipinski definition) is 2. The number of rotatable bonds is 4. The maximum atomic E-state index is 11.9. The summed E-state index contributed by atoms with van der Waals surface area (Å²) in [4.78, 5) is 13.0. The lowest BCUT2D eigenvalue weighted by Gasteiger charge is -2.20. The van der Waals surface area contributed by atoms with E-state index in [1.165, 1.54) is 11.9 Å². The fourth-order valence-electron chi connectivity index (χ4n) is 1.67. The average Bonchev–Trinajstić information content (AvgIpc) is 2.26. The van der Waals surface area contributed by atoms with Crippen molar-refractivity contribution in [2.75, 3.05) is 25.2 Å².